The highest BCUT2D eigenvalue weighted by atomic mass is 32.1. The number of nitrogens with one attached hydrogen (secondary N) is 1. The van der Waals surface area contributed by atoms with Crippen molar-refractivity contribution in [2.75, 3.05) is 19.6 Å². The van der Waals surface area contributed by atoms with Crippen molar-refractivity contribution < 1.29 is 9.90 Å². The van der Waals surface area contributed by atoms with Crippen LogP contribution >= 0.6 is 22.7 Å². The SMILES string of the molecule is Cc1c(-c2nc3c(s2)CNC3)cccc1-c1cccc(-c2nc3c(s2)CN(C(=O)CN2CC[C@@H](O)C2)C3)c1C. The van der Waals surface area contributed by atoms with Crippen molar-refractivity contribution in [2.45, 2.75) is 52.6 Å². The highest BCUT2D eigenvalue weighted by Gasteiger charge is 2.30. The quantitative estimate of drug-likeness (QED) is 0.369. The number of benzene rings is 2. The number of hydrogen-bond donors (Lipinski definition) is 2. The summed E-state index contributed by atoms with van der Waals surface area (Å²) in [5.41, 5.74) is 9.48. The Labute approximate surface area is 236 Å². The van der Waals surface area contributed by atoms with E-state index in [1.165, 1.54) is 43.3 Å². The zero-order valence-electron chi connectivity index (χ0n) is 22.2. The summed E-state index contributed by atoms with van der Waals surface area (Å²) in [5.74, 6) is 0.117. The molecule has 0 radical (unpaired) electrons. The van der Waals surface area contributed by atoms with Gasteiger partial charge >= 0.3 is 0 Å². The summed E-state index contributed by atoms with van der Waals surface area (Å²) in [6.07, 6.45) is 0.441. The van der Waals surface area contributed by atoms with E-state index in [2.05, 4.69) is 55.6 Å². The van der Waals surface area contributed by atoms with Crippen molar-refractivity contribution in [1.82, 2.24) is 25.1 Å². The number of β-amino-alcohol motifs (C(OH)–C–C–N with tert-alkyl or cyclic N) is 1. The van der Waals surface area contributed by atoms with Crippen LogP contribution in [0.4, 0.5) is 0 Å². The fourth-order valence-corrected chi connectivity index (χ4v) is 8.27. The second kappa shape index (κ2) is 9.91. The van der Waals surface area contributed by atoms with Crippen LogP contribution in [-0.2, 0) is 31.0 Å². The normalized spacial score (nSPS) is 18.6. The molecule has 0 aliphatic carbocycles. The second-order valence-electron chi connectivity index (χ2n) is 10.8. The van der Waals surface area contributed by atoms with Crippen LogP contribution in [0.15, 0.2) is 36.4 Å². The summed E-state index contributed by atoms with van der Waals surface area (Å²) in [4.78, 5) is 29.3. The Bertz CT molecular complexity index is 1550. The maximum atomic E-state index is 12.9. The number of carbonyl (C=O) groups is 1. The van der Waals surface area contributed by atoms with Crippen LogP contribution < -0.4 is 5.32 Å². The van der Waals surface area contributed by atoms with Gasteiger partial charge in [0, 0.05) is 47.1 Å². The Balaban J connectivity index is 1.13. The molecule has 2 N–H and O–H groups in total. The first kappa shape index (κ1) is 25.0. The Morgan fingerprint density at radius 2 is 1.56 bits per heavy atom. The third-order valence-electron chi connectivity index (χ3n) is 8.19. The van der Waals surface area contributed by atoms with E-state index in [1.807, 2.05) is 9.80 Å². The van der Waals surface area contributed by atoms with Crippen molar-refractivity contribution in [1.29, 1.82) is 0 Å². The molecule has 7 rings (SSSR count). The van der Waals surface area contributed by atoms with Gasteiger partial charge < -0.3 is 15.3 Å². The smallest absolute Gasteiger partial charge is 0.237 e. The van der Waals surface area contributed by atoms with Crippen LogP contribution in [0.3, 0.4) is 0 Å². The van der Waals surface area contributed by atoms with Gasteiger partial charge in [-0.25, -0.2) is 9.97 Å². The molecule has 0 spiro atoms. The van der Waals surface area contributed by atoms with Crippen LogP contribution in [-0.4, -0.2) is 56.5 Å². The molecule has 9 heteroatoms. The number of aliphatic hydroxyl groups excluding tert-OH is 1. The maximum absolute atomic E-state index is 12.9. The van der Waals surface area contributed by atoms with E-state index < -0.39 is 0 Å². The summed E-state index contributed by atoms with van der Waals surface area (Å²) in [6.45, 7) is 9.10. The van der Waals surface area contributed by atoms with E-state index in [1.54, 1.807) is 22.7 Å². The maximum Gasteiger partial charge on any atom is 0.237 e. The van der Waals surface area contributed by atoms with E-state index in [9.17, 15) is 9.90 Å². The van der Waals surface area contributed by atoms with E-state index in [4.69, 9.17) is 9.97 Å². The lowest BCUT2D eigenvalue weighted by Crippen LogP contribution is -2.37. The highest BCUT2D eigenvalue weighted by molar-refractivity contribution is 7.15. The van der Waals surface area contributed by atoms with Crippen molar-refractivity contribution in [3.8, 4) is 32.3 Å². The monoisotopic (exact) mass is 557 g/mol. The molecule has 5 heterocycles. The number of amides is 1. The fraction of sp³-hybridized carbons (Fsp3) is 0.367. The number of hydrogen-bond acceptors (Lipinski definition) is 8. The fourth-order valence-electron chi connectivity index (χ4n) is 5.97. The Morgan fingerprint density at radius 3 is 2.18 bits per heavy atom. The second-order valence-corrected chi connectivity index (χ2v) is 12.9. The summed E-state index contributed by atoms with van der Waals surface area (Å²) >= 11 is 3.50. The molecular weight excluding hydrogens is 526 g/mol. The predicted molar refractivity (Wildman–Crippen MR) is 155 cm³/mol. The molecule has 200 valence electrons. The number of thiazole rings is 2. The lowest BCUT2D eigenvalue weighted by Gasteiger charge is -2.20. The molecule has 2 aromatic carbocycles. The Kier molecular flexibility index (Phi) is 6.36. The van der Waals surface area contributed by atoms with Gasteiger partial charge in [0.25, 0.3) is 0 Å². The number of rotatable bonds is 5. The molecule has 2 aromatic heterocycles. The minimum absolute atomic E-state index is 0.117. The minimum Gasteiger partial charge on any atom is -0.392 e. The summed E-state index contributed by atoms with van der Waals surface area (Å²) < 4.78 is 0. The van der Waals surface area contributed by atoms with Gasteiger partial charge in [-0.3, -0.25) is 9.69 Å². The van der Waals surface area contributed by atoms with Crippen LogP contribution in [0.1, 0.15) is 38.7 Å². The average molecular weight is 558 g/mol. The zero-order valence-corrected chi connectivity index (χ0v) is 23.8. The standard InChI is InChI=1S/C30H31N5O2S2/c1-17-20(5-3-7-22(17)29-32-24-11-31-12-26(24)38-29)21-6-4-8-23(18(21)2)30-33-25-14-35(15-27(25)39-30)28(37)16-34-10-9-19(36)13-34/h3-8,19,31,36H,9-16H2,1-2H3/t19-/m1/s1. The highest BCUT2D eigenvalue weighted by Crippen LogP contribution is 2.41. The van der Waals surface area contributed by atoms with E-state index >= 15 is 0 Å². The summed E-state index contributed by atoms with van der Waals surface area (Å²) in [6, 6.07) is 13.0. The first-order valence-corrected chi connectivity index (χ1v) is 15.1. The first-order chi connectivity index (χ1) is 18.9. The van der Waals surface area contributed by atoms with Gasteiger partial charge in [-0.1, -0.05) is 36.4 Å². The third kappa shape index (κ3) is 4.52. The summed E-state index contributed by atoms with van der Waals surface area (Å²) in [7, 11) is 0. The van der Waals surface area contributed by atoms with Gasteiger partial charge in [0.1, 0.15) is 10.0 Å². The molecule has 0 saturated carbocycles. The number of nitrogens with zero attached hydrogens (tertiary/aromatic N) is 4. The van der Waals surface area contributed by atoms with E-state index in [-0.39, 0.29) is 12.0 Å². The number of carbonyl (C=O) groups excluding carboxylic acids is 1. The van der Waals surface area contributed by atoms with Gasteiger partial charge in [0.15, 0.2) is 0 Å². The van der Waals surface area contributed by atoms with Crippen LogP contribution in [0, 0.1) is 13.8 Å². The zero-order chi connectivity index (χ0) is 26.7. The molecule has 1 fully saturated rings. The molecule has 4 aromatic rings. The van der Waals surface area contributed by atoms with E-state index in [0.29, 0.717) is 26.2 Å². The van der Waals surface area contributed by atoms with Crippen molar-refractivity contribution >= 4 is 28.6 Å². The molecule has 1 amide bonds. The number of aromatic nitrogens is 2. The van der Waals surface area contributed by atoms with Gasteiger partial charge in [-0.2, -0.15) is 0 Å². The van der Waals surface area contributed by atoms with Crippen molar-refractivity contribution in [3.05, 3.63) is 68.7 Å². The number of fused-ring (bicyclic) bond motifs is 2. The number of aliphatic hydroxyl groups is 1. The van der Waals surface area contributed by atoms with Crippen LogP contribution in [0.2, 0.25) is 0 Å². The molecule has 3 aliphatic rings. The molecule has 0 bridgehead atoms. The molecular formula is C30H31N5O2S2. The van der Waals surface area contributed by atoms with Gasteiger partial charge in [0.05, 0.1) is 37.1 Å². The molecule has 7 nitrogen and oxygen atoms in total. The van der Waals surface area contributed by atoms with Gasteiger partial charge in [0.2, 0.25) is 5.91 Å². The molecule has 39 heavy (non-hydrogen) atoms. The van der Waals surface area contributed by atoms with E-state index in [0.717, 1.165) is 47.3 Å². The summed E-state index contributed by atoms with van der Waals surface area (Å²) in [5, 5.41) is 15.3. The Morgan fingerprint density at radius 1 is 0.923 bits per heavy atom. The van der Waals surface area contributed by atoms with Gasteiger partial charge in [-0.05, 0) is 42.5 Å². The van der Waals surface area contributed by atoms with Crippen LogP contribution in [0.25, 0.3) is 32.3 Å². The topological polar surface area (TPSA) is 81.6 Å². The third-order valence-corrected chi connectivity index (χ3v) is 10.4. The lowest BCUT2D eigenvalue weighted by atomic mass is 9.91. The number of likely N-dealkylation sites (tertiary alicyclic amines) is 1. The van der Waals surface area contributed by atoms with Crippen LogP contribution in [0.5, 0.6) is 0 Å². The average Bonchev–Trinajstić information content (AvgIpc) is 3.71. The minimum atomic E-state index is -0.307. The first-order valence-electron chi connectivity index (χ1n) is 13.5. The largest absolute Gasteiger partial charge is 0.392 e. The van der Waals surface area contributed by atoms with Crippen molar-refractivity contribution in [3.63, 3.8) is 0 Å². The van der Waals surface area contributed by atoms with Crippen molar-refractivity contribution in [2.24, 2.45) is 0 Å². The molecule has 0 unspecified atom stereocenters. The molecule has 1 saturated heterocycles. The predicted octanol–water partition coefficient (Wildman–Crippen LogP) is 4.73. The van der Waals surface area contributed by atoms with Gasteiger partial charge in [-0.15, -0.1) is 22.7 Å². The molecule has 3 aliphatic heterocycles. The Hall–Kier alpha value is -2.95. The molecule has 1 atom stereocenters. The lowest BCUT2D eigenvalue weighted by molar-refractivity contribution is -0.132.